The van der Waals surface area contributed by atoms with E-state index in [0.29, 0.717) is 11.3 Å². The molecule has 1 amide bonds. The van der Waals surface area contributed by atoms with Crippen LogP contribution in [0, 0.1) is 5.82 Å². The van der Waals surface area contributed by atoms with E-state index in [1.54, 1.807) is 30.3 Å². The average molecular weight is 305 g/mol. The molecule has 0 radical (unpaired) electrons. The average Bonchev–Trinajstić information content (AvgIpc) is 2.49. The molecule has 2 aromatic carbocycles. The molecule has 0 aliphatic heterocycles. The second-order valence-corrected chi connectivity index (χ2v) is 6.12. The van der Waals surface area contributed by atoms with Gasteiger partial charge in [-0.1, -0.05) is 36.4 Å². The first kappa shape index (κ1) is 15.4. The van der Waals surface area contributed by atoms with Gasteiger partial charge in [0, 0.05) is 34.2 Å². The number of anilines is 1. The molecule has 0 aliphatic rings. The fraction of sp³-hybridized carbons (Fsp3) is 0.188. The summed E-state index contributed by atoms with van der Waals surface area (Å²) >= 11 is 0. The van der Waals surface area contributed by atoms with Gasteiger partial charge in [-0.3, -0.25) is 9.00 Å². The van der Waals surface area contributed by atoms with E-state index in [4.69, 9.17) is 0 Å². The van der Waals surface area contributed by atoms with Crippen LogP contribution < -0.4 is 5.32 Å². The maximum absolute atomic E-state index is 13.4. The third-order valence-corrected chi connectivity index (χ3v) is 4.18. The van der Waals surface area contributed by atoms with E-state index >= 15 is 0 Å². The Labute approximate surface area is 125 Å². The van der Waals surface area contributed by atoms with E-state index in [1.807, 2.05) is 18.2 Å². The van der Waals surface area contributed by atoms with Crippen LogP contribution in [-0.4, -0.2) is 15.9 Å². The zero-order valence-corrected chi connectivity index (χ0v) is 12.2. The lowest BCUT2D eigenvalue weighted by Gasteiger charge is -2.06. The van der Waals surface area contributed by atoms with Gasteiger partial charge in [0.05, 0.1) is 5.75 Å². The lowest BCUT2D eigenvalue weighted by molar-refractivity contribution is -0.115. The maximum atomic E-state index is 13.4. The first-order valence-electron chi connectivity index (χ1n) is 6.58. The highest BCUT2D eigenvalue weighted by molar-refractivity contribution is 7.84. The highest BCUT2D eigenvalue weighted by Gasteiger charge is 2.09. The Morgan fingerprint density at radius 1 is 1.05 bits per heavy atom. The monoisotopic (exact) mass is 305 g/mol. The van der Waals surface area contributed by atoms with Crippen LogP contribution in [0.5, 0.6) is 0 Å². The normalized spacial score (nSPS) is 11.9. The maximum Gasteiger partial charge on any atom is 0.225 e. The Morgan fingerprint density at radius 2 is 1.71 bits per heavy atom. The van der Waals surface area contributed by atoms with Crippen molar-refractivity contribution >= 4 is 22.4 Å². The van der Waals surface area contributed by atoms with Crippen LogP contribution >= 0.6 is 0 Å². The van der Waals surface area contributed by atoms with Gasteiger partial charge in [0.1, 0.15) is 5.82 Å². The summed E-state index contributed by atoms with van der Waals surface area (Å²) in [6.07, 6.45) is 0.149. The number of rotatable bonds is 6. The predicted octanol–water partition coefficient (Wildman–Crippen LogP) is 3.10. The fourth-order valence-corrected chi connectivity index (χ4v) is 2.95. The van der Waals surface area contributed by atoms with Crippen molar-refractivity contribution in [2.24, 2.45) is 0 Å². The van der Waals surface area contributed by atoms with Crippen molar-refractivity contribution in [2.45, 2.75) is 12.2 Å². The van der Waals surface area contributed by atoms with Crippen molar-refractivity contribution in [1.29, 1.82) is 0 Å². The molecular weight excluding hydrogens is 289 g/mol. The molecule has 0 spiro atoms. The van der Waals surface area contributed by atoms with Crippen molar-refractivity contribution in [3.8, 4) is 0 Å². The number of hydrogen-bond acceptors (Lipinski definition) is 2. The van der Waals surface area contributed by atoms with Crippen LogP contribution in [0.4, 0.5) is 10.1 Å². The van der Waals surface area contributed by atoms with E-state index in [-0.39, 0.29) is 29.7 Å². The summed E-state index contributed by atoms with van der Waals surface area (Å²) in [6, 6.07) is 15.3. The molecule has 5 heteroatoms. The summed E-state index contributed by atoms with van der Waals surface area (Å²) < 4.78 is 25.3. The lowest BCUT2D eigenvalue weighted by Crippen LogP contribution is -2.15. The number of amides is 1. The summed E-state index contributed by atoms with van der Waals surface area (Å²) in [4.78, 5) is 11.7. The molecule has 0 fully saturated rings. The molecule has 0 saturated heterocycles. The third-order valence-electron chi connectivity index (χ3n) is 2.89. The lowest BCUT2D eigenvalue weighted by atomic mass is 10.2. The first-order chi connectivity index (χ1) is 10.1. The Hall–Kier alpha value is -2.01. The molecule has 0 saturated carbocycles. The molecule has 2 rings (SSSR count). The summed E-state index contributed by atoms with van der Waals surface area (Å²) in [6.45, 7) is 0. The van der Waals surface area contributed by atoms with Crippen molar-refractivity contribution in [3.63, 3.8) is 0 Å². The molecule has 2 aromatic rings. The summed E-state index contributed by atoms with van der Waals surface area (Å²) in [7, 11) is -1.26. The minimum Gasteiger partial charge on any atom is -0.326 e. The number of nitrogens with one attached hydrogen (secondary N) is 1. The van der Waals surface area contributed by atoms with Gasteiger partial charge in [0.15, 0.2) is 0 Å². The van der Waals surface area contributed by atoms with E-state index in [9.17, 15) is 13.4 Å². The number of hydrogen-bond donors (Lipinski definition) is 1. The zero-order valence-electron chi connectivity index (χ0n) is 11.4. The van der Waals surface area contributed by atoms with E-state index in [1.165, 1.54) is 6.07 Å². The van der Waals surface area contributed by atoms with Crippen LogP contribution in [0.2, 0.25) is 0 Å². The molecule has 1 unspecified atom stereocenters. The fourth-order valence-electron chi connectivity index (χ4n) is 1.81. The van der Waals surface area contributed by atoms with Gasteiger partial charge in [0.2, 0.25) is 5.91 Å². The smallest absolute Gasteiger partial charge is 0.225 e. The van der Waals surface area contributed by atoms with Crippen molar-refractivity contribution < 1.29 is 13.4 Å². The number of para-hydroxylation sites is 1. The highest BCUT2D eigenvalue weighted by Crippen LogP contribution is 2.10. The number of benzene rings is 2. The van der Waals surface area contributed by atoms with E-state index in [0.717, 1.165) is 0 Å². The molecule has 0 aromatic heterocycles. The predicted molar refractivity (Wildman–Crippen MR) is 82.8 cm³/mol. The van der Waals surface area contributed by atoms with Crippen LogP contribution in [-0.2, 0) is 21.3 Å². The molecule has 0 aliphatic carbocycles. The summed E-state index contributed by atoms with van der Waals surface area (Å²) in [5.41, 5.74) is 1.13. The molecule has 3 nitrogen and oxygen atoms in total. The molecular formula is C16H16FNO2S. The number of carbonyl (C=O) groups is 1. The third kappa shape index (κ3) is 5.11. The molecule has 1 N–H and O–H groups in total. The van der Waals surface area contributed by atoms with Crippen LogP contribution in [0.3, 0.4) is 0 Å². The summed E-state index contributed by atoms with van der Waals surface area (Å²) in [5.74, 6) is -0.208. The van der Waals surface area contributed by atoms with Gasteiger partial charge in [-0.2, -0.15) is 0 Å². The minimum atomic E-state index is -1.26. The SMILES string of the molecule is O=C(CCS(=O)Cc1ccccc1F)Nc1ccccc1. The molecule has 0 bridgehead atoms. The molecule has 21 heavy (non-hydrogen) atoms. The first-order valence-corrected chi connectivity index (χ1v) is 8.07. The molecule has 1 atom stereocenters. The second-order valence-electron chi connectivity index (χ2n) is 4.54. The Bertz CT molecular complexity index is 631. The largest absolute Gasteiger partial charge is 0.326 e. The van der Waals surface area contributed by atoms with E-state index < -0.39 is 10.8 Å². The standard InChI is InChI=1S/C16H16FNO2S/c17-15-9-5-4-6-13(15)12-21(20)11-10-16(19)18-14-7-2-1-3-8-14/h1-9H,10-12H2,(H,18,19). The number of carbonyl (C=O) groups excluding carboxylic acids is 1. The van der Waals surface area contributed by atoms with Gasteiger partial charge in [-0.15, -0.1) is 0 Å². The van der Waals surface area contributed by atoms with Gasteiger partial charge in [0.25, 0.3) is 0 Å². The second kappa shape index (κ2) is 7.69. The van der Waals surface area contributed by atoms with Crippen molar-refractivity contribution in [1.82, 2.24) is 0 Å². The Kier molecular flexibility index (Phi) is 5.63. The molecule has 110 valence electrons. The van der Waals surface area contributed by atoms with Gasteiger partial charge >= 0.3 is 0 Å². The van der Waals surface area contributed by atoms with Crippen molar-refractivity contribution in [2.75, 3.05) is 11.1 Å². The van der Waals surface area contributed by atoms with Gasteiger partial charge in [-0.25, -0.2) is 4.39 Å². The number of halogens is 1. The van der Waals surface area contributed by atoms with Crippen LogP contribution in [0.1, 0.15) is 12.0 Å². The zero-order chi connectivity index (χ0) is 15.1. The quantitative estimate of drug-likeness (QED) is 0.891. The topological polar surface area (TPSA) is 46.2 Å². The highest BCUT2D eigenvalue weighted by atomic mass is 32.2. The van der Waals surface area contributed by atoms with Gasteiger partial charge in [-0.05, 0) is 18.2 Å². The van der Waals surface area contributed by atoms with E-state index in [2.05, 4.69) is 5.32 Å². The van der Waals surface area contributed by atoms with Crippen molar-refractivity contribution in [3.05, 3.63) is 66.0 Å². The Balaban J connectivity index is 1.79. The minimum absolute atomic E-state index is 0.130. The summed E-state index contributed by atoms with van der Waals surface area (Å²) in [5, 5.41) is 2.73. The Morgan fingerprint density at radius 3 is 2.43 bits per heavy atom. The van der Waals surface area contributed by atoms with Crippen LogP contribution in [0.15, 0.2) is 54.6 Å². The van der Waals surface area contributed by atoms with Gasteiger partial charge < -0.3 is 5.32 Å². The molecule has 0 heterocycles. The van der Waals surface area contributed by atoms with Crippen LogP contribution in [0.25, 0.3) is 0 Å².